The number of hydrogen-bond donors (Lipinski definition) is 0. The maximum absolute atomic E-state index is 5.08. The number of ether oxygens (including phenoxy) is 1. The predicted molar refractivity (Wildman–Crippen MR) is 47.2 cm³/mol. The first kappa shape index (κ1) is 6.68. The van der Waals surface area contributed by atoms with Crippen molar-refractivity contribution in [2.45, 2.75) is 0 Å². The normalized spacial score (nSPS) is 10.3. The van der Waals surface area contributed by atoms with Gasteiger partial charge in [-0.05, 0) is 29.0 Å². The van der Waals surface area contributed by atoms with Crippen LogP contribution in [-0.4, -0.2) is 7.11 Å². The van der Waals surface area contributed by atoms with Crippen molar-refractivity contribution in [3.8, 4) is 5.75 Å². The van der Waals surface area contributed by atoms with E-state index in [4.69, 9.17) is 4.74 Å². The SMILES string of the molecule is COc1ccc2[c]scc2c1. The van der Waals surface area contributed by atoms with Gasteiger partial charge in [-0.2, -0.15) is 0 Å². The molecule has 0 amide bonds. The molecule has 1 heterocycles. The van der Waals surface area contributed by atoms with Crippen LogP contribution in [0.3, 0.4) is 0 Å². The fraction of sp³-hybridized carbons (Fsp3) is 0.111. The highest BCUT2D eigenvalue weighted by Gasteiger charge is 1.95. The van der Waals surface area contributed by atoms with E-state index in [0.29, 0.717) is 0 Å². The van der Waals surface area contributed by atoms with Gasteiger partial charge in [0.1, 0.15) is 5.75 Å². The molecule has 0 N–H and O–H groups in total. The molecule has 55 valence electrons. The number of methoxy groups -OCH3 is 1. The van der Waals surface area contributed by atoms with Crippen LogP contribution in [0.2, 0.25) is 0 Å². The lowest BCUT2D eigenvalue weighted by Gasteiger charge is -1.97. The lowest BCUT2D eigenvalue weighted by Crippen LogP contribution is -1.79. The Morgan fingerprint density at radius 2 is 2.36 bits per heavy atom. The molecule has 0 aliphatic carbocycles. The summed E-state index contributed by atoms with van der Waals surface area (Å²) in [6.45, 7) is 0. The van der Waals surface area contributed by atoms with E-state index in [0.717, 1.165) is 11.1 Å². The monoisotopic (exact) mass is 163 g/mol. The minimum absolute atomic E-state index is 0.907. The first-order valence-corrected chi connectivity index (χ1v) is 4.21. The number of fused-ring (bicyclic) bond motifs is 1. The van der Waals surface area contributed by atoms with Crippen LogP contribution in [0.1, 0.15) is 0 Å². The number of benzene rings is 1. The summed E-state index contributed by atoms with van der Waals surface area (Å²) in [5.74, 6) is 0.907. The third-order valence-corrected chi connectivity index (χ3v) is 2.32. The largest absolute Gasteiger partial charge is 0.497 e. The average molecular weight is 163 g/mol. The van der Waals surface area contributed by atoms with Crippen LogP contribution in [-0.2, 0) is 0 Å². The maximum atomic E-state index is 5.08. The third-order valence-electron chi connectivity index (χ3n) is 1.61. The molecule has 0 atom stereocenters. The molecule has 1 nitrogen and oxygen atoms in total. The second-order valence-corrected chi connectivity index (χ2v) is 2.97. The lowest BCUT2D eigenvalue weighted by atomic mass is 10.2. The quantitative estimate of drug-likeness (QED) is 0.628. The van der Waals surface area contributed by atoms with Crippen molar-refractivity contribution in [3.05, 3.63) is 29.0 Å². The summed E-state index contributed by atoms with van der Waals surface area (Å²) in [7, 11) is 1.68. The van der Waals surface area contributed by atoms with Gasteiger partial charge in [0.2, 0.25) is 0 Å². The van der Waals surface area contributed by atoms with E-state index < -0.39 is 0 Å². The van der Waals surface area contributed by atoms with Crippen molar-refractivity contribution < 1.29 is 4.74 Å². The van der Waals surface area contributed by atoms with E-state index >= 15 is 0 Å². The molecule has 0 unspecified atom stereocenters. The van der Waals surface area contributed by atoms with Crippen LogP contribution in [0, 0.1) is 5.38 Å². The molecule has 2 rings (SSSR count). The van der Waals surface area contributed by atoms with Crippen LogP contribution < -0.4 is 4.74 Å². The summed E-state index contributed by atoms with van der Waals surface area (Å²) in [5, 5.41) is 7.59. The highest BCUT2D eigenvalue weighted by atomic mass is 32.1. The van der Waals surface area contributed by atoms with Crippen molar-refractivity contribution >= 4 is 22.1 Å². The molecule has 0 saturated carbocycles. The average Bonchev–Trinajstić information content (AvgIpc) is 2.50. The highest BCUT2D eigenvalue weighted by Crippen LogP contribution is 2.22. The molecule has 2 heteroatoms. The summed E-state index contributed by atoms with van der Waals surface area (Å²) in [5.41, 5.74) is 0. The van der Waals surface area contributed by atoms with Gasteiger partial charge in [-0.25, -0.2) is 0 Å². The molecule has 0 aliphatic heterocycles. The summed E-state index contributed by atoms with van der Waals surface area (Å²) in [6, 6.07) is 5.98. The Kier molecular flexibility index (Phi) is 1.55. The maximum Gasteiger partial charge on any atom is 0.119 e. The standard InChI is InChI=1S/C9H7OS/c1-10-9-3-2-7-5-11-6-8(7)4-9/h2-4,6H,1H3. The minimum atomic E-state index is 0.907. The Labute approximate surface area is 69.2 Å². The van der Waals surface area contributed by atoms with E-state index in [1.807, 2.05) is 18.2 Å². The zero-order valence-corrected chi connectivity index (χ0v) is 6.94. The highest BCUT2D eigenvalue weighted by molar-refractivity contribution is 7.08. The van der Waals surface area contributed by atoms with Crippen LogP contribution in [0.15, 0.2) is 23.6 Å². The van der Waals surface area contributed by atoms with Crippen LogP contribution in [0.4, 0.5) is 0 Å². The first-order valence-electron chi connectivity index (χ1n) is 3.33. The molecule has 1 aromatic carbocycles. The van der Waals surface area contributed by atoms with E-state index in [1.165, 1.54) is 5.39 Å². The molecule has 0 bridgehead atoms. The minimum Gasteiger partial charge on any atom is -0.497 e. The molecule has 11 heavy (non-hydrogen) atoms. The van der Waals surface area contributed by atoms with Gasteiger partial charge >= 0.3 is 0 Å². The number of rotatable bonds is 1. The summed E-state index contributed by atoms with van der Waals surface area (Å²) in [6.07, 6.45) is 0. The summed E-state index contributed by atoms with van der Waals surface area (Å²) in [4.78, 5) is 0. The van der Waals surface area contributed by atoms with E-state index in [2.05, 4.69) is 10.8 Å². The van der Waals surface area contributed by atoms with Gasteiger partial charge in [0.05, 0.1) is 12.5 Å². The fourth-order valence-electron chi connectivity index (χ4n) is 1.01. The van der Waals surface area contributed by atoms with E-state index in [9.17, 15) is 0 Å². The second kappa shape index (κ2) is 2.55. The third kappa shape index (κ3) is 1.10. The molecule has 2 aromatic rings. The van der Waals surface area contributed by atoms with Crippen molar-refractivity contribution in [2.24, 2.45) is 0 Å². The fourth-order valence-corrected chi connectivity index (χ4v) is 1.71. The number of thiophene rings is 1. The Bertz CT molecular complexity index is 364. The van der Waals surface area contributed by atoms with Gasteiger partial charge in [-0.3, -0.25) is 0 Å². The molecule has 0 aliphatic rings. The Hall–Kier alpha value is -1.02. The second-order valence-electron chi connectivity index (χ2n) is 2.29. The van der Waals surface area contributed by atoms with Crippen molar-refractivity contribution in [1.29, 1.82) is 0 Å². The molecule has 0 fully saturated rings. The van der Waals surface area contributed by atoms with Gasteiger partial charge < -0.3 is 4.74 Å². The molecule has 1 aromatic heterocycles. The zero-order chi connectivity index (χ0) is 7.68. The molecule has 0 saturated heterocycles. The zero-order valence-electron chi connectivity index (χ0n) is 6.13. The summed E-state index contributed by atoms with van der Waals surface area (Å²) < 4.78 is 5.08. The first-order chi connectivity index (χ1) is 5.40. The Morgan fingerprint density at radius 3 is 3.18 bits per heavy atom. The van der Waals surface area contributed by atoms with Crippen molar-refractivity contribution in [3.63, 3.8) is 0 Å². The lowest BCUT2D eigenvalue weighted by molar-refractivity contribution is 0.415. The van der Waals surface area contributed by atoms with Crippen LogP contribution in [0.25, 0.3) is 10.8 Å². The van der Waals surface area contributed by atoms with E-state index in [-0.39, 0.29) is 0 Å². The topological polar surface area (TPSA) is 9.23 Å². The Balaban J connectivity index is 2.67. The Morgan fingerprint density at radius 1 is 1.45 bits per heavy atom. The van der Waals surface area contributed by atoms with Gasteiger partial charge in [0.15, 0.2) is 0 Å². The van der Waals surface area contributed by atoms with Gasteiger partial charge in [0.25, 0.3) is 0 Å². The van der Waals surface area contributed by atoms with Crippen molar-refractivity contribution in [1.82, 2.24) is 0 Å². The number of hydrogen-bond acceptors (Lipinski definition) is 2. The predicted octanol–water partition coefficient (Wildman–Crippen LogP) is 2.71. The van der Waals surface area contributed by atoms with Crippen LogP contribution >= 0.6 is 11.3 Å². The smallest absolute Gasteiger partial charge is 0.119 e. The molecular formula is C9H7OS. The van der Waals surface area contributed by atoms with Gasteiger partial charge in [-0.1, -0.05) is 0 Å². The van der Waals surface area contributed by atoms with Crippen molar-refractivity contribution in [2.75, 3.05) is 7.11 Å². The van der Waals surface area contributed by atoms with Gasteiger partial charge in [0, 0.05) is 5.39 Å². The summed E-state index contributed by atoms with van der Waals surface area (Å²) >= 11 is 1.59. The van der Waals surface area contributed by atoms with E-state index in [1.54, 1.807) is 18.4 Å². The molecule has 0 spiro atoms. The molecular weight excluding hydrogens is 156 g/mol. The molecule has 1 radical (unpaired) electrons. The van der Waals surface area contributed by atoms with Crippen LogP contribution in [0.5, 0.6) is 5.75 Å². The van der Waals surface area contributed by atoms with Gasteiger partial charge in [-0.15, -0.1) is 11.3 Å².